The summed E-state index contributed by atoms with van der Waals surface area (Å²) in [6.45, 7) is 11.0. The van der Waals surface area contributed by atoms with Crippen LogP contribution in [0.3, 0.4) is 0 Å². The third kappa shape index (κ3) is 5.82. The first-order chi connectivity index (χ1) is 7.49. The molecule has 0 radical (unpaired) electrons. The van der Waals surface area contributed by atoms with Gasteiger partial charge in [-0.1, -0.05) is 20.8 Å². The fourth-order valence-corrected chi connectivity index (χ4v) is 1.60. The summed E-state index contributed by atoms with van der Waals surface area (Å²) in [7, 11) is 1.57. The van der Waals surface area contributed by atoms with E-state index in [9.17, 15) is 9.59 Å². The summed E-state index contributed by atoms with van der Waals surface area (Å²) in [5.41, 5.74) is -0.790. The van der Waals surface area contributed by atoms with Gasteiger partial charge in [0.15, 0.2) is 5.78 Å². The number of carbonyl (C=O) groups is 2. The summed E-state index contributed by atoms with van der Waals surface area (Å²) in [4.78, 5) is 23.4. The highest BCUT2D eigenvalue weighted by atomic mass is 16.5. The Morgan fingerprint density at radius 2 is 1.65 bits per heavy atom. The van der Waals surface area contributed by atoms with Gasteiger partial charge in [0.2, 0.25) is 5.91 Å². The van der Waals surface area contributed by atoms with Gasteiger partial charge in [0.1, 0.15) is 0 Å². The van der Waals surface area contributed by atoms with Crippen molar-refractivity contribution in [1.82, 2.24) is 5.32 Å². The standard InChI is InChI=1S/C13H25NO3/c1-9(15)11(12(2,3)4)14-10(16)8-13(5,6)17-7/h11H,8H2,1-7H3,(H,14,16)/t11-/m1/s1. The summed E-state index contributed by atoms with van der Waals surface area (Å²) in [6.07, 6.45) is 0.239. The van der Waals surface area contributed by atoms with Crippen molar-refractivity contribution >= 4 is 11.7 Å². The average Bonchev–Trinajstić information content (AvgIpc) is 2.11. The van der Waals surface area contributed by atoms with Crippen LogP contribution in [-0.4, -0.2) is 30.4 Å². The molecule has 1 amide bonds. The normalized spacial score (nSPS) is 14.3. The molecule has 0 saturated carbocycles. The Bertz CT molecular complexity index is 290. The van der Waals surface area contributed by atoms with E-state index in [1.807, 2.05) is 34.6 Å². The minimum absolute atomic E-state index is 0.0268. The minimum atomic E-state index is -0.511. The zero-order chi connectivity index (χ0) is 13.9. The topological polar surface area (TPSA) is 55.4 Å². The lowest BCUT2D eigenvalue weighted by Crippen LogP contribution is -2.49. The Labute approximate surface area is 104 Å². The van der Waals surface area contributed by atoms with Gasteiger partial charge in [-0.25, -0.2) is 0 Å². The molecule has 0 heterocycles. The van der Waals surface area contributed by atoms with Gasteiger partial charge in [0.25, 0.3) is 0 Å². The third-order valence-corrected chi connectivity index (χ3v) is 2.72. The lowest BCUT2D eigenvalue weighted by atomic mass is 9.84. The number of rotatable bonds is 5. The molecule has 0 aromatic heterocycles. The summed E-state index contributed by atoms with van der Waals surface area (Å²) in [5, 5.41) is 2.78. The number of amides is 1. The number of carbonyl (C=O) groups excluding carboxylic acids is 2. The van der Waals surface area contributed by atoms with Gasteiger partial charge >= 0.3 is 0 Å². The number of ketones is 1. The number of hydrogen-bond acceptors (Lipinski definition) is 3. The Kier molecular flexibility index (Phi) is 5.33. The van der Waals surface area contributed by atoms with E-state index in [0.29, 0.717) is 0 Å². The van der Waals surface area contributed by atoms with Crippen LogP contribution in [0.4, 0.5) is 0 Å². The summed E-state index contributed by atoms with van der Waals surface area (Å²) < 4.78 is 5.19. The maximum absolute atomic E-state index is 11.8. The Morgan fingerprint density at radius 3 is 1.94 bits per heavy atom. The molecule has 0 saturated heterocycles. The molecule has 0 spiro atoms. The van der Waals surface area contributed by atoms with Crippen LogP contribution >= 0.6 is 0 Å². The van der Waals surface area contributed by atoms with Gasteiger partial charge in [-0.15, -0.1) is 0 Å². The van der Waals surface area contributed by atoms with Crippen molar-refractivity contribution in [3.63, 3.8) is 0 Å². The summed E-state index contributed by atoms with van der Waals surface area (Å²) in [6, 6.07) is -0.456. The molecule has 0 fully saturated rings. The molecule has 17 heavy (non-hydrogen) atoms. The average molecular weight is 243 g/mol. The van der Waals surface area contributed by atoms with Crippen LogP contribution in [-0.2, 0) is 14.3 Å². The number of hydrogen-bond donors (Lipinski definition) is 1. The second-order valence-corrected chi connectivity index (χ2v) is 6.12. The van der Waals surface area contributed by atoms with Crippen molar-refractivity contribution in [3.05, 3.63) is 0 Å². The zero-order valence-electron chi connectivity index (χ0n) is 12.0. The van der Waals surface area contributed by atoms with Crippen LogP contribution in [0.15, 0.2) is 0 Å². The molecule has 0 aliphatic rings. The van der Waals surface area contributed by atoms with Crippen LogP contribution in [0.25, 0.3) is 0 Å². The van der Waals surface area contributed by atoms with Gasteiger partial charge in [0.05, 0.1) is 18.1 Å². The molecule has 0 aliphatic heterocycles. The Morgan fingerprint density at radius 1 is 1.18 bits per heavy atom. The van der Waals surface area contributed by atoms with E-state index in [4.69, 9.17) is 4.74 Å². The third-order valence-electron chi connectivity index (χ3n) is 2.72. The van der Waals surface area contributed by atoms with E-state index in [-0.39, 0.29) is 23.5 Å². The van der Waals surface area contributed by atoms with Gasteiger partial charge in [-0.2, -0.15) is 0 Å². The van der Waals surface area contributed by atoms with Crippen molar-refractivity contribution in [2.75, 3.05) is 7.11 Å². The van der Waals surface area contributed by atoms with Crippen LogP contribution in [0.1, 0.15) is 48.0 Å². The maximum Gasteiger partial charge on any atom is 0.223 e. The van der Waals surface area contributed by atoms with Crippen LogP contribution < -0.4 is 5.32 Å². The minimum Gasteiger partial charge on any atom is -0.378 e. The molecule has 4 heteroatoms. The predicted octanol–water partition coefficient (Wildman–Crippen LogP) is 1.92. The molecule has 0 aromatic rings. The molecule has 1 atom stereocenters. The highest BCUT2D eigenvalue weighted by Crippen LogP contribution is 2.21. The van der Waals surface area contributed by atoms with E-state index in [2.05, 4.69) is 5.32 Å². The molecular weight excluding hydrogens is 218 g/mol. The first-order valence-corrected chi connectivity index (χ1v) is 5.84. The second-order valence-electron chi connectivity index (χ2n) is 6.12. The van der Waals surface area contributed by atoms with Crippen molar-refractivity contribution < 1.29 is 14.3 Å². The van der Waals surface area contributed by atoms with E-state index >= 15 is 0 Å². The zero-order valence-corrected chi connectivity index (χ0v) is 12.0. The van der Waals surface area contributed by atoms with E-state index < -0.39 is 11.6 Å². The highest BCUT2D eigenvalue weighted by molar-refractivity contribution is 5.88. The monoisotopic (exact) mass is 243 g/mol. The summed E-state index contributed by atoms with van der Waals surface area (Å²) >= 11 is 0. The lowest BCUT2D eigenvalue weighted by molar-refractivity contribution is -0.132. The van der Waals surface area contributed by atoms with Crippen LogP contribution in [0.5, 0.6) is 0 Å². The molecule has 100 valence electrons. The Hall–Kier alpha value is -0.900. The fourth-order valence-electron chi connectivity index (χ4n) is 1.60. The summed E-state index contributed by atoms with van der Waals surface area (Å²) in [5.74, 6) is -0.187. The van der Waals surface area contributed by atoms with Gasteiger partial charge in [0, 0.05) is 7.11 Å². The van der Waals surface area contributed by atoms with Gasteiger partial charge < -0.3 is 10.1 Å². The largest absolute Gasteiger partial charge is 0.378 e. The first kappa shape index (κ1) is 16.1. The molecule has 0 rings (SSSR count). The predicted molar refractivity (Wildman–Crippen MR) is 67.8 cm³/mol. The highest BCUT2D eigenvalue weighted by Gasteiger charge is 2.31. The number of methoxy groups -OCH3 is 1. The maximum atomic E-state index is 11.8. The van der Waals surface area contributed by atoms with Crippen molar-refractivity contribution in [2.45, 2.75) is 59.6 Å². The number of ether oxygens (including phenoxy) is 1. The molecular formula is C13H25NO3. The van der Waals surface area contributed by atoms with Crippen molar-refractivity contribution in [1.29, 1.82) is 0 Å². The molecule has 0 aromatic carbocycles. The van der Waals surface area contributed by atoms with Crippen molar-refractivity contribution in [3.8, 4) is 0 Å². The van der Waals surface area contributed by atoms with Crippen molar-refractivity contribution in [2.24, 2.45) is 5.41 Å². The molecule has 0 bridgehead atoms. The number of Topliss-reactive ketones (excluding diaryl/α,β-unsaturated/α-hetero) is 1. The smallest absolute Gasteiger partial charge is 0.223 e. The van der Waals surface area contributed by atoms with E-state index in [1.165, 1.54) is 6.92 Å². The molecule has 1 N–H and O–H groups in total. The second kappa shape index (κ2) is 5.63. The van der Waals surface area contributed by atoms with Gasteiger partial charge in [-0.05, 0) is 26.2 Å². The van der Waals surface area contributed by atoms with E-state index in [1.54, 1.807) is 7.11 Å². The molecule has 4 nitrogen and oxygen atoms in total. The molecule has 0 aliphatic carbocycles. The number of nitrogens with one attached hydrogen (secondary N) is 1. The lowest BCUT2D eigenvalue weighted by Gasteiger charge is -2.31. The van der Waals surface area contributed by atoms with Crippen LogP contribution in [0, 0.1) is 5.41 Å². The quantitative estimate of drug-likeness (QED) is 0.802. The first-order valence-electron chi connectivity index (χ1n) is 5.84. The van der Waals surface area contributed by atoms with Crippen LogP contribution in [0.2, 0.25) is 0 Å². The SMILES string of the molecule is COC(C)(C)CC(=O)N[C@H](C(C)=O)C(C)(C)C. The van der Waals surface area contributed by atoms with E-state index in [0.717, 1.165) is 0 Å². The van der Waals surface area contributed by atoms with Gasteiger partial charge in [-0.3, -0.25) is 9.59 Å². The fraction of sp³-hybridized carbons (Fsp3) is 0.846. The molecule has 0 unspecified atom stereocenters. The Balaban J connectivity index is 4.60.